The maximum Gasteiger partial charge on any atom is 0.408 e. The first-order valence-electron chi connectivity index (χ1n) is 8.37. The summed E-state index contributed by atoms with van der Waals surface area (Å²) in [6.45, 7) is 5.13. The Balaban J connectivity index is 2.00. The summed E-state index contributed by atoms with van der Waals surface area (Å²) in [5, 5.41) is 12.3. The molecule has 1 atom stereocenters. The third-order valence-electron chi connectivity index (χ3n) is 3.38. The van der Waals surface area contributed by atoms with Crippen molar-refractivity contribution in [2.75, 3.05) is 0 Å². The molecule has 2 aromatic rings. The number of hydrogen-bond donors (Lipinski definition) is 2. The third kappa shape index (κ3) is 7.19. The molecule has 0 fully saturated rings. The van der Waals surface area contributed by atoms with Gasteiger partial charge < -0.3 is 19.9 Å². The maximum atomic E-state index is 11.8. The summed E-state index contributed by atoms with van der Waals surface area (Å²) >= 11 is 5.92. The van der Waals surface area contributed by atoms with Crippen LogP contribution in [0, 0.1) is 0 Å². The van der Waals surface area contributed by atoms with E-state index in [-0.39, 0.29) is 6.42 Å². The quantitative estimate of drug-likeness (QED) is 0.748. The van der Waals surface area contributed by atoms with E-state index in [0.29, 0.717) is 16.5 Å². The molecular formula is C20H22ClNO5. The summed E-state index contributed by atoms with van der Waals surface area (Å²) in [7, 11) is 0. The zero-order valence-corrected chi connectivity index (χ0v) is 16.1. The highest BCUT2D eigenvalue weighted by Crippen LogP contribution is 2.24. The van der Waals surface area contributed by atoms with Crippen LogP contribution in [0.25, 0.3) is 0 Å². The fraction of sp³-hybridized carbons (Fsp3) is 0.300. The Labute approximate surface area is 163 Å². The molecule has 1 unspecified atom stereocenters. The lowest BCUT2D eigenvalue weighted by molar-refractivity contribution is -0.139. The van der Waals surface area contributed by atoms with E-state index in [1.807, 2.05) is 0 Å². The second kappa shape index (κ2) is 8.77. The highest BCUT2D eigenvalue weighted by Gasteiger charge is 2.24. The number of ether oxygens (including phenoxy) is 2. The van der Waals surface area contributed by atoms with Gasteiger partial charge in [0.25, 0.3) is 0 Å². The van der Waals surface area contributed by atoms with Gasteiger partial charge in [-0.1, -0.05) is 29.8 Å². The van der Waals surface area contributed by atoms with Gasteiger partial charge in [-0.25, -0.2) is 9.59 Å². The van der Waals surface area contributed by atoms with Crippen LogP contribution >= 0.6 is 11.6 Å². The lowest BCUT2D eigenvalue weighted by Gasteiger charge is -2.22. The number of carboxylic acid groups (broad SMARTS) is 1. The third-order valence-corrected chi connectivity index (χ3v) is 3.62. The second-order valence-electron chi connectivity index (χ2n) is 6.94. The predicted molar refractivity (Wildman–Crippen MR) is 102 cm³/mol. The predicted octanol–water partition coefficient (Wildman–Crippen LogP) is 4.65. The molecule has 0 heterocycles. The van der Waals surface area contributed by atoms with Crippen LogP contribution in [0.4, 0.5) is 4.79 Å². The van der Waals surface area contributed by atoms with E-state index in [1.165, 1.54) is 0 Å². The van der Waals surface area contributed by atoms with E-state index in [9.17, 15) is 14.7 Å². The van der Waals surface area contributed by atoms with Crippen LogP contribution in [0.1, 0.15) is 26.3 Å². The molecule has 6 nitrogen and oxygen atoms in total. The number of aliphatic carboxylic acids is 1. The molecule has 0 saturated carbocycles. The van der Waals surface area contributed by atoms with Gasteiger partial charge in [0.2, 0.25) is 0 Å². The summed E-state index contributed by atoms with van der Waals surface area (Å²) in [5.74, 6) is 0.0540. The van der Waals surface area contributed by atoms with E-state index in [0.717, 1.165) is 5.56 Å². The molecule has 27 heavy (non-hydrogen) atoms. The number of carboxylic acids is 1. The van der Waals surface area contributed by atoms with Crippen LogP contribution in [0.5, 0.6) is 11.5 Å². The SMILES string of the molecule is CC(C)(C)OC(=O)NC(Cc1ccc(Oc2cccc(Cl)c2)cc1)C(=O)O. The van der Waals surface area contributed by atoms with Gasteiger partial charge in [0.05, 0.1) is 0 Å². The maximum absolute atomic E-state index is 11.8. The molecular weight excluding hydrogens is 370 g/mol. The topological polar surface area (TPSA) is 84.9 Å². The number of halogens is 1. The van der Waals surface area contributed by atoms with Gasteiger partial charge >= 0.3 is 12.1 Å². The monoisotopic (exact) mass is 391 g/mol. The summed E-state index contributed by atoms with van der Waals surface area (Å²) in [4.78, 5) is 23.3. The molecule has 144 valence electrons. The minimum atomic E-state index is -1.14. The normalized spacial score (nSPS) is 12.1. The van der Waals surface area contributed by atoms with Crippen LogP contribution < -0.4 is 10.1 Å². The molecule has 2 N–H and O–H groups in total. The zero-order chi connectivity index (χ0) is 20.0. The molecule has 0 spiro atoms. The number of rotatable bonds is 6. The van der Waals surface area contributed by atoms with Crippen molar-refractivity contribution in [1.82, 2.24) is 5.32 Å². The van der Waals surface area contributed by atoms with Gasteiger partial charge in [0.1, 0.15) is 23.1 Å². The van der Waals surface area contributed by atoms with Crippen molar-refractivity contribution < 1.29 is 24.2 Å². The minimum absolute atomic E-state index is 0.117. The highest BCUT2D eigenvalue weighted by molar-refractivity contribution is 6.30. The molecule has 1 amide bonds. The summed E-state index contributed by atoms with van der Waals surface area (Å²) in [6.07, 6.45) is -0.651. The molecule has 0 aliphatic heterocycles. The van der Waals surface area contributed by atoms with Crippen molar-refractivity contribution >= 4 is 23.7 Å². The highest BCUT2D eigenvalue weighted by atomic mass is 35.5. The molecule has 0 radical (unpaired) electrons. The fourth-order valence-electron chi connectivity index (χ4n) is 2.25. The van der Waals surface area contributed by atoms with Crippen molar-refractivity contribution in [3.05, 3.63) is 59.1 Å². The Bertz CT molecular complexity index is 799. The lowest BCUT2D eigenvalue weighted by atomic mass is 10.1. The van der Waals surface area contributed by atoms with Gasteiger partial charge in [0.15, 0.2) is 0 Å². The summed E-state index contributed by atoms with van der Waals surface area (Å²) < 4.78 is 10.8. The van der Waals surface area contributed by atoms with Crippen molar-refractivity contribution in [2.45, 2.75) is 38.8 Å². The van der Waals surface area contributed by atoms with Gasteiger partial charge in [-0.15, -0.1) is 0 Å². The first kappa shape index (κ1) is 20.6. The first-order chi connectivity index (χ1) is 12.6. The number of hydrogen-bond acceptors (Lipinski definition) is 4. The number of alkyl carbamates (subject to hydrolysis) is 1. The number of amides is 1. The Morgan fingerprint density at radius 3 is 2.33 bits per heavy atom. The van der Waals surface area contributed by atoms with E-state index in [2.05, 4.69) is 5.32 Å². The average Bonchev–Trinajstić information content (AvgIpc) is 2.54. The van der Waals surface area contributed by atoms with E-state index in [4.69, 9.17) is 21.1 Å². The van der Waals surface area contributed by atoms with Gasteiger partial charge in [-0.3, -0.25) is 0 Å². The van der Waals surface area contributed by atoms with Crippen molar-refractivity contribution in [3.63, 3.8) is 0 Å². The van der Waals surface area contributed by atoms with E-state index < -0.39 is 23.7 Å². The van der Waals surface area contributed by atoms with Crippen LogP contribution in [-0.4, -0.2) is 28.8 Å². The van der Waals surface area contributed by atoms with Crippen LogP contribution in [0.15, 0.2) is 48.5 Å². The first-order valence-corrected chi connectivity index (χ1v) is 8.75. The molecule has 2 rings (SSSR count). The second-order valence-corrected chi connectivity index (χ2v) is 7.38. The molecule has 0 aliphatic carbocycles. The standard InChI is InChI=1S/C20H22ClNO5/c1-20(2,3)27-19(25)22-17(18(23)24)11-13-7-9-15(10-8-13)26-16-6-4-5-14(21)12-16/h4-10,12,17H,11H2,1-3H3,(H,22,25)(H,23,24). The molecule has 2 aromatic carbocycles. The smallest absolute Gasteiger partial charge is 0.408 e. The Morgan fingerprint density at radius 2 is 1.78 bits per heavy atom. The van der Waals surface area contributed by atoms with Gasteiger partial charge in [0, 0.05) is 11.4 Å². The summed E-state index contributed by atoms with van der Waals surface area (Å²) in [5.41, 5.74) is 0.0313. The zero-order valence-electron chi connectivity index (χ0n) is 15.4. The lowest BCUT2D eigenvalue weighted by Crippen LogP contribution is -2.44. The number of nitrogens with one attached hydrogen (secondary N) is 1. The Kier molecular flexibility index (Phi) is 6.69. The van der Waals surface area contributed by atoms with Crippen LogP contribution in [-0.2, 0) is 16.0 Å². The van der Waals surface area contributed by atoms with E-state index in [1.54, 1.807) is 69.3 Å². The molecule has 7 heteroatoms. The van der Waals surface area contributed by atoms with Crippen LogP contribution in [0.3, 0.4) is 0 Å². The number of carbonyl (C=O) groups is 2. The summed E-state index contributed by atoms with van der Waals surface area (Å²) in [6, 6.07) is 12.8. The number of benzene rings is 2. The molecule has 0 bridgehead atoms. The molecule has 0 saturated heterocycles. The van der Waals surface area contributed by atoms with Crippen molar-refractivity contribution in [3.8, 4) is 11.5 Å². The number of carbonyl (C=O) groups excluding carboxylic acids is 1. The fourth-order valence-corrected chi connectivity index (χ4v) is 2.43. The van der Waals surface area contributed by atoms with E-state index >= 15 is 0 Å². The van der Waals surface area contributed by atoms with Crippen molar-refractivity contribution in [1.29, 1.82) is 0 Å². The minimum Gasteiger partial charge on any atom is -0.480 e. The van der Waals surface area contributed by atoms with Gasteiger partial charge in [-0.05, 0) is 56.7 Å². The molecule has 0 aromatic heterocycles. The van der Waals surface area contributed by atoms with Crippen LogP contribution in [0.2, 0.25) is 5.02 Å². The van der Waals surface area contributed by atoms with Crippen molar-refractivity contribution in [2.24, 2.45) is 0 Å². The largest absolute Gasteiger partial charge is 0.480 e. The molecule has 0 aliphatic rings. The average molecular weight is 392 g/mol. The Hall–Kier alpha value is -2.73. The Morgan fingerprint density at radius 1 is 1.11 bits per heavy atom. The van der Waals surface area contributed by atoms with Gasteiger partial charge in [-0.2, -0.15) is 0 Å².